The highest BCUT2D eigenvalue weighted by atomic mass is 15.1. The van der Waals surface area contributed by atoms with E-state index in [2.05, 4.69) is 12.2 Å². The summed E-state index contributed by atoms with van der Waals surface area (Å²) in [5.74, 6) is 0.106. The zero-order chi connectivity index (χ0) is 6.91. The average Bonchev–Trinajstić information content (AvgIpc) is 2.48. The first kappa shape index (κ1) is 6.39. The van der Waals surface area contributed by atoms with Crippen molar-refractivity contribution >= 4 is 5.96 Å². The maximum absolute atomic E-state index is 6.96. The third-order valence-corrected chi connectivity index (χ3v) is 1.93. The first-order chi connectivity index (χ1) is 4.18. The number of hydrogen-bond acceptors (Lipinski definition) is 1. The van der Waals surface area contributed by atoms with E-state index in [-0.39, 0.29) is 11.5 Å². The van der Waals surface area contributed by atoms with Gasteiger partial charge in [0.25, 0.3) is 0 Å². The van der Waals surface area contributed by atoms with Gasteiger partial charge < -0.3 is 11.1 Å². The Labute approximate surface area is 55.1 Å². The molecule has 0 amide bonds. The van der Waals surface area contributed by atoms with E-state index in [1.165, 1.54) is 12.8 Å². The van der Waals surface area contributed by atoms with Gasteiger partial charge in [-0.2, -0.15) is 0 Å². The minimum absolute atomic E-state index is 0.106. The van der Waals surface area contributed by atoms with Crippen molar-refractivity contribution in [2.75, 3.05) is 0 Å². The van der Waals surface area contributed by atoms with Crippen molar-refractivity contribution in [3.63, 3.8) is 0 Å². The Hall–Kier alpha value is -0.730. The van der Waals surface area contributed by atoms with Gasteiger partial charge in [-0.1, -0.05) is 6.92 Å². The molecule has 0 aliphatic heterocycles. The fraction of sp³-hybridized carbons (Fsp3) is 0.833. The summed E-state index contributed by atoms with van der Waals surface area (Å²) < 4.78 is 0. The largest absolute Gasteiger partial charge is 0.370 e. The molecule has 1 aliphatic rings. The van der Waals surface area contributed by atoms with Crippen LogP contribution in [0.3, 0.4) is 0 Å². The minimum atomic E-state index is 0.106. The molecule has 0 spiro atoms. The molecular formula is C6H13N3. The summed E-state index contributed by atoms with van der Waals surface area (Å²) in [4.78, 5) is 0. The summed E-state index contributed by atoms with van der Waals surface area (Å²) in [6.07, 6.45) is 3.42. The van der Waals surface area contributed by atoms with Gasteiger partial charge in [0.1, 0.15) is 0 Å². The zero-order valence-electron chi connectivity index (χ0n) is 5.70. The highest BCUT2D eigenvalue weighted by Crippen LogP contribution is 2.37. The first-order valence-corrected chi connectivity index (χ1v) is 3.31. The molecule has 52 valence electrons. The second kappa shape index (κ2) is 1.90. The fourth-order valence-corrected chi connectivity index (χ4v) is 1.00. The van der Waals surface area contributed by atoms with Crippen LogP contribution in [0.4, 0.5) is 0 Å². The molecule has 1 saturated carbocycles. The van der Waals surface area contributed by atoms with E-state index in [0.29, 0.717) is 0 Å². The molecule has 0 radical (unpaired) electrons. The molecule has 3 heteroatoms. The molecule has 0 unspecified atom stereocenters. The number of guanidine groups is 1. The van der Waals surface area contributed by atoms with Gasteiger partial charge in [0.2, 0.25) is 0 Å². The highest BCUT2D eigenvalue weighted by molar-refractivity contribution is 5.75. The summed E-state index contributed by atoms with van der Waals surface area (Å²) in [6, 6.07) is 0. The standard InChI is InChI=1S/C6H13N3/c1-2-6(3-4-6)9-5(7)8/h2-4H2,1H3,(H4,7,8,9). The van der Waals surface area contributed by atoms with Crippen LogP contribution < -0.4 is 11.1 Å². The van der Waals surface area contributed by atoms with Crippen molar-refractivity contribution in [1.29, 1.82) is 5.41 Å². The molecule has 9 heavy (non-hydrogen) atoms. The van der Waals surface area contributed by atoms with Crippen molar-refractivity contribution in [2.24, 2.45) is 5.73 Å². The summed E-state index contributed by atoms with van der Waals surface area (Å²) in [5, 5.41) is 9.90. The van der Waals surface area contributed by atoms with Gasteiger partial charge in [0, 0.05) is 5.54 Å². The first-order valence-electron chi connectivity index (χ1n) is 3.31. The number of rotatable bonds is 2. The van der Waals surface area contributed by atoms with Crippen LogP contribution in [0.15, 0.2) is 0 Å². The summed E-state index contributed by atoms with van der Waals surface area (Å²) in [7, 11) is 0. The smallest absolute Gasteiger partial charge is 0.186 e. The minimum Gasteiger partial charge on any atom is -0.370 e. The van der Waals surface area contributed by atoms with Crippen LogP contribution in [0, 0.1) is 5.41 Å². The lowest BCUT2D eigenvalue weighted by molar-refractivity contribution is 0.575. The monoisotopic (exact) mass is 127 g/mol. The number of hydrogen-bond donors (Lipinski definition) is 3. The Balaban J connectivity index is 2.33. The van der Waals surface area contributed by atoms with Gasteiger partial charge in [-0.15, -0.1) is 0 Å². The molecule has 4 N–H and O–H groups in total. The molecule has 0 saturated heterocycles. The Bertz CT molecular complexity index is 126. The van der Waals surface area contributed by atoms with Crippen molar-refractivity contribution in [3.8, 4) is 0 Å². The van der Waals surface area contributed by atoms with E-state index in [9.17, 15) is 0 Å². The maximum atomic E-state index is 6.96. The van der Waals surface area contributed by atoms with E-state index in [4.69, 9.17) is 11.1 Å². The lowest BCUT2D eigenvalue weighted by Crippen LogP contribution is -2.40. The average molecular weight is 127 g/mol. The van der Waals surface area contributed by atoms with Gasteiger partial charge in [0.05, 0.1) is 0 Å². The normalized spacial score (nSPS) is 21.0. The summed E-state index contributed by atoms with van der Waals surface area (Å²) in [5.41, 5.74) is 5.38. The van der Waals surface area contributed by atoms with Crippen molar-refractivity contribution in [3.05, 3.63) is 0 Å². The van der Waals surface area contributed by atoms with Crippen LogP contribution >= 0.6 is 0 Å². The molecular weight excluding hydrogens is 114 g/mol. The van der Waals surface area contributed by atoms with Crippen LogP contribution in [0.5, 0.6) is 0 Å². The van der Waals surface area contributed by atoms with Crippen LogP contribution in [0.1, 0.15) is 26.2 Å². The van der Waals surface area contributed by atoms with Gasteiger partial charge in [-0.25, -0.2) is 0 Å². The topological polar surface area (TPSA) is 61.9 Å². The number of nitrogens with two attached hydrogens (primary N) is 1. The number of nitrogens with one attached hydrogen (secondary N) is 2. The molecule has 0 aromatic rings. The predicted molar refractivity (Wildman–Crippen MR) is 37.3 cm³/mol. The Morgan fingerprint density at radius 3 is 2.44 bits per heavy atom. The fourth-order valence-electron chi connectivity index (χ4n) is 1.00. The van der Waals surface area contributed by atoms with E-state index in [1.54, 1.807) is 0 Å². The Morgan fingerprint density at radius 2 is 2.33 bits per heavy atom. The quantitative estimate of drug-likeness (QED) is 0.371. The van der Waals surface area contributed by atoms with Crippen LogP contribution in [0.2, 0.25) is 0 Å². The Morgan fingerprint density at radius 1 is 1.78 bits per heavy atom. The van der Waals surface area contributed by atoms with E-state index >= 15 is 0 Å². The third-order valence-electron chi connectivity index (χ3n) is 1.93. The van der Waals surface area contributed by atoms with Crippen LogP contribution in [-0.4, -0.2) is 11.5 Å². The molecule has 0 heterocycles. The Kier molecular flexibility index (Phi) is 1.35. The van der Waals surface area contributed by atoms with E-state index < -0.39 is 0 Å². The van der Waals surface area contributed by atoms with Gasteiger partial charge in [-0.05, 0) is 19.3 Å². The van der Waals surface area contributed by atoms with Gasteiger partial charge in [-0.3, -0.25) is 5.41 Å². The molecule has 1 fully saturated rings. The van der Waals surface area contributed by atoms with Crippen molar-refractivity contribution in [1.82, 2.24) is 5.32 Å². The van der Waals surface area contributed by atoms with Gasteiger partial charge in [0.15, 0.2) is 5.96 Å². The van der Waals surface area contributed by atoms with Crippen molar-refractivity contribution < 1.29 is 0 Å². The van der Waals surface area contributed by atoms with Crippen molar-refractivity contribution in [2.45, 2.75) is 31.7 Å². The SMILES string of the molecule is CCC1(NC(=N)N)CC1. The molecule has 0 bridgehead atoms. The molecule has 0 atom stereocenters. The second-order valence-electron chi connectivity index (χ2n) is 2.67. The lowest BCUT2D eigenvalue weighted by atomic mass is 10.2. The summed E-state index contributed by atoms with van der Waals surface area (Å²) >= 11 is 0. The maximum Gasteiger partial charge on any atom is 0.186 e. The predicted octanol–water partition coefficient (Wildman–Crippen LogP) is 0.412. The van der Waals surface area contributed by atoms with E-state index in [1.807, 2.05) is 0 Å². The third kappa shape index (κ3) is 1.34. The van der Waals surface area contributed by atoms with E-state index in [0.717, 1.165) is 6.42 Å². The lowest BCUT2D eigenvalue weighted by Gasteiger charge is -2.13. The molecule has 3 nitrogen and oxygen atoms in total. The van der Waals surface area contributed by atoms with Crippen LogP contribution in [0.25, 0.3) is 0 Å². The molecule has 1 aliphatic carbocycles. The molecule has 0 aromatic heterocycles. The highest BCUT2D eigenvalue weighted by Gasteiger charge is 2.40. The zero-order valence-corrected chi connectivity index (χ0v) is 5.70. The summed E-state index contributed by atoms with van der Waals surface area (Å²) in [6.45, 7) is 2.11. The second-order valence-corrected chi connectivity index (χ2v) is 2.67. The molecule has 0 aromatic carbocycles. The molecule has 1 rings (SSSR count). The van der Waals surface area contributed by atoms with Gasteiger partial charge >= 0.3 is 0 Å². The van der Waals surface area contributed by atoms with Crippen LogP contribution in [-0.2, 0) is 0 Å².